The van der Waals surface area contributed by atoms with E-state index in [-0.39, 0.29) is 28.3 Å². The second-order valence-corrected chi connectivity index (χ2v) is 12.5. The minimum Gasteiger partial charge on any atom is -0.393 e. The van der Waals surface area contributed by atoms with Gasteiger partial charge in [0.2, 0.25) is 0 Å². The number of Topliss-reactive ketones (excluding diaryl/α,β-unsaturated/α-hetero) is 1. The third-order valence-corrected chi connectivity index (χ3v) is 11.2. The van der Waals surface area contributed by atoms with Crippen molar-refractivity contribution in [2.24, 2.45) is 39.9 Å². The zero-order chi connectivity index (χ0) is 24.5. The number of ketones is 1. The molecule has 0 amide bonds. The van der Waals surface area contributed by atoms with Crippen LogP contribution in [0.4, 0.5) is 0 Å². The van der Waals surface area contributed by atoms with Crippen molar-refractivity contribution in [1.82, 2.24) is 9.78 Å². The molecule has 4 heteroatoms. The first-order valence-corrected chi connectivity index (χ1v) is 13.7. The van der Waals surface area contributed by atoms with Crippen LogP contribution in [0.3, 0.4) is 0 Å². The maximum atomic E-state index is 13.3. The van der Waals surface area contributed by atoms with Gasteiger partial charge in [-0.05, 0) is 84.7 Å². The Hall–Kier alpha value is -1.68. The number of carbonyl (C=O) groups is 1. The number of hydrogen-bond donors (Lipinski definition) is 1. The van der Waals surface area contributed by atoms with E-state index >= 15 is 0 Å². The molecule has 1 aromatic heterocycles. The van der Waals surface area contributed by atoms with Gasteiger partial charge in [0.1, 0.15) is 5.78 Å². The largest absolute Gasteiger partial charge is 0.393 e. The van der Waals surface area contributed by atoms with Crippen LogP contribution in [0.5, 0.6) is 0 Å². The molecule has 1 N–H and O–H groups in total. The summed E-state index contributed by atoms with van der Waals surface area (Å²) in [5, 5.41) is 16.7. The van der Waals surface area contributed by atoms with Crippen LogP contribution in [0.2, 0.25) is 0 Å². The van der Waals surface area contributed by atoms with Crippen molar-refractivity contribution in [3.8, 4) is 0 Å². The van der Waals surface area contributed by atoms with Crippen molar-refractivity contribution in [3.63, 3.8) is 0 Å². The van der Waals surface area contributed by atoms with Gasteiger partial charge in [-0.1, -0.05) is 59.3 Å². The van der Waals surface area contributed by atoms with Crippen molar-refractivity contribution in [2.45, 2.75) is 99.1 Å². The smallest absolute Gasteiger partial charge is 0.139 e. The number of aliphatic hydroxyl groups is 1. The van der Waals surface area contributed by atoms with E-state index in [0.29, 0.717) is 30.0 Å². The molecule has 8 atom stereocenters. The fourth-order valence-electron chi connectivity index (χ4n) is 9.20. The van der Waals surface area contributed by atoms with Gasteiger partial charge in [-0.3, -0.25) is 9.48 Å². The molecule has 0 aromatic carbocycles. The van der Waals surface area contributed by atoms with Gasteiger partial charge in [0.05, 0.1) is 18.3 Å². The molecule has 4 aliphatic carbocycles. The van der Waals surface area contributed by atoms with Gasteiger partial charge in [0.15, 0.2) is 0 Å². The number of hydrogen-bond acceptors (Lipinski definition) is 3. The number of aliphatic hydroxyl groups excluding tert-OH is 1. The predicted octanol–water partition coefficient (Wildman–Crippen LogP) is 6.23. The zero-order valence-corrected chi connectivity index (χ0v) is 22.1. The molecule has 3 saturated carbocycles. The summed E-state index contributed by atoms with van der Waals surface area (Å²) >= 11 is 0. The predicted molar refractivity (Wildman–Crippen MR) is 137 cm³/mol. The molecular weight excluding hydrogens is 420 g/mol. The number of rotatable bonds is 5. The Morgan fingerprint density at radius 3 is 2.74 bits per heavy atom. The Morgan fingerprint density at radius 1 is 1.26 bits per heavy atom. The summed E-state index contributed by atoms with van der Waals surface area (Å²) in [5.74, 6) is 2.02. The zero-order valence-electron chi connectivity index (χ0n) is 22.1. The van der Waals surface area contributed by atoms with Crippen LogP contribution in [0.15, 0.2) is 23.9 Å². The molecule has 0 spiro atoms. The molecule has 186 valence electrons. The lowest BCUT2D eigenvalue weighted by atomic mass is 9.44. The fraction of sp³-hybridized carbons (Fsp3) is 0.733. The van der Waals surface area contributed by atoms with Crippen LogP contribution in [-0.4, -0.2) is 26.8 Å². The molecule has 1 aromatic rings. The maximum absolute atomic E-state index is 13.3. The molecule has 0 aliphatic heterocycles. The topological polar surface area (TPSA) is 55.1 Å². The van der Waals surface area contributed by atoms with Crippen molar-refractivity contribution in [1.29, 1.82) is 0 Å². The monoisotopic (exact) mass is 464 g/mol. The second-order valence-electron chi connectivity index (χ2n) is 12.5. The van der Waals surface area contributed by atoms with Gasteiger partial charge in [-0.25, -0.2) is 0 Å². The molecule has 1 heterocycles. The van der Waals surface area contributed by atoms with Crippen molar-refractivity contribution >= 4 is 11.9 Å². The lowest BCUT2D eigenvalue weighted by molar-refractivity contribution is -0.158. The summed E-state index contributed by atoms with van der Waals surface area (Å²) in [6.07, 6.45) is 15.3. The van der Waals surface area contributed by atoms with E-state index in [1.807, 2.05) is 6.92 Å². The first kappa shape index (κ1) is 24.0. The van der Waals surface area contributed by atoms with E-state index in [0.717, 1.165) is 50.8 Å². The van der Waals surface area contributed by atoms with Crippen LogP contribution in [0.1, 0.15) is 91.3 Å². The van der Waals surface area contributed by atoms with Crippen molar-refractivity contribution < 1.29 is 9.90 Å². The minimum atomic E-state index is -0.363. The molecule has 0 radical (unpaired) electrons. The summed E-state index contributed by atoms with van der Waals surface area (Å²) < 4.78 is 2.07. The Morgan fingerprint density at radius 2 is 2.03 bits per heavy atom. The molecule has 3 fully saturated rings. The number of nitrogens with zero attached hydrogens (tertiary/aromatic N) is 2. The number of fused-ring (bicyclic) bond motifs is 6. The van der Waals surface area contributed by atoms with Crippen molar-refractivity contribution in [2.75, 3.05) is 0 Å². The minimum absolute atomic E-state index is 0.0270. The highest BCUT2D eigenvalue weighted by atomic mass is 16.3. The van der Waals surface area contributed by atoms with Gasteiger partial charge in [0.25, 0.3) is 0 Å². The van der Waals surface area contributed by atoms with Crippen LogP contribution < -0.4 is 0 Å². The van der Waals surface area contributed by atoms with E-state index in [2.05, 4.69) is 63.7 Å². The molecule has 0 saturated heterocycles. The molecule has 4 nitrogen and oxygen atoms in total. The Kier molecular flexibility index (Phi) is 5.78. The lowest BCUT2D eigenvalue weighted by Crippen LogP contribution is -2.59. The molecular formula is C30H44N2O2. The van der Waals surface area contributed by atoms with E-state index in [4.69, 9.17) is 5.10 Å². The van der Waals surface area contributed by atoms with Gasteiger partial charge in [0, 0.05) is 18.0 Å². The molecule has 5 rings (SSSR count). The second kappa shape index (κ2) is 8.18. The summed E-state index contributed by atoms with van der Waals surface area (Å²) in [6, 6.07) is 0. The van der Waals surface area contributed by atoms with Crippen LogP contribution in [-0.2, 0) is 17.8 Å². The first-order chi connectivity index (χ1) is 16.1. The highest BCUT2D eigenvalue weighted by molar-refractivity contribution is 5.86. The number of aromatic nitrogens is 2. The summed E-state index contributed by atoms with van der Waals surface area (Å²) in [6.45, 7) is 14.3. The van der Waals surface area contributed by atoms with Gasteiger partial charge < -0.3 is 5.11 Å². The number of carbonyl (C=O) groups excluding carboxylic acids is 1. The highest BCUT2D eigenvalue weighted by Gasteiger charge is 2.68. The molecule has 0 bridgehead atoms. The Labute approximate surface area is 205 Å². The van der Waals surface area contributed by atoms with E-state index in [1.54, 1.807) is 0 Å². The third kappa shape index (κ3) is 3.13. The standard InChI is InChI=1S/C30H44N2O2/c1-7-9-10-13-32-18-20-16-28(4)21(15-24(20)31-32)11-12-22-23-14-19(3)30(6,26(34)8-2)29(23,5)17-25(33)27(22)28/h9-10,15,18-19,22-23,25,27,33H,7-8,11-14,16-17H2,1-6H3/b10-9-/t19-,22+,23+,25+,27-,28+,29+,30-/m1/s1. The average Bonchev–Trinajstić information content (AvgIpc) is 3.27. The number of allylic oxidation sites excluding steroid dienone is 3. The Balaban J connectivity index is 1.48. The highest BCUT2D eigenvalue weighted by Crippen LogP contribution is 2.71. The first-order valence-electron chi connectivity index (χ1n) is 13.7. The van der Waals surface area contributed by atoms with Gasteiger partial charge in [-0.15, -0.1) is 0 Å². The quantitative estimate of drug-likeness (QED) is 0.525. The van der Waals surface area contributed by atoms with Crippen molar-refractivity contribution in [3.05, 3.63) is 35.2 Å². The normalized spacial score (nSPS) is 43.1. The van der Waals surface area contributed by atoms with Crippen LogP contribution >= 0.6 is 0 Å². The molecule has 0 unspecified atom stereocenters. The van der Waals surface area contributed by atoms with Gasteiger partial charge >= 0.3 is 0 Å². The molecule has 34 heavy (non-hydrogen) atoms. The van der Waals surface area contributed by atoms with E-state index in [1.165, 1.54) is 11.1 Å². The van der Waals surface area contributed by atoms with Gasteiger partial charge in [-0.2, -0.15) is 5.10 Å². The summed E-state index contributed by atoms with van der Waals surface area (Å²) in [5.41, 5.74) is 3.46. The fourth-order valence-corrected chi connectivity index (χ4v) is 9.20. The lowest BCUT2D eigenvalue weighted by Gasteiger charge is -2.61. The average molecular weight is 465 g/mol. The summed E-state index contributed by atoms with van der Waals surface area (Å²) in [7, 11) is 0. The van der Waals surface area contributed by atoms with Crippen LogP contribution in [0, 0.1) is 39.9 Å². The summed E-state index contributed by atoms with van der Waals surface area (Å²) in [4.78, 5) is 13.3. The SMILES string of the molecule is CC/C=C\Cn1cc2c(n1)C=C1CC[C@@H]3[C@H]([C@@H](O)C[C@@]4(C)[C@H]3C[C@@H](C)[C@]4(C)C(=O)CC)[C@@]1(C)C2. The van der Waals surface area contributed by atoms with E-state index < -0.39 is 0 Å². The van der Waals surface area contributed by atoms with Crippen LogP contribution in [0.25, 0.3) is 6.08 Å². The Bertz CT molecular complexity index is 1040. The van der Waals surface area contributed by atoms with E-state index in [9.17, 15) is 9.90 Å². The molecule has 4 aliphatic rings. The third-order valence-electron chi connectivity index (χ3n) is 11.2. The maximum Gasteiger partial charge on any atom is 0.139 e.